The first-order valence-corrected chi connectivity index (χ1v) is 9.82. The molecule has 0 atom stereocenters. The highest BCUT2D eigenvalue weighted by Crippen LogP contribution is 2.29. The molecule has 1 N–H and O–H groups in total. The molecule has 0 bridgehead atoms. The third-order valence-corrected chi connectivity index (χ3v) is 5.03. The zero-order valence-corrected chi connectivity index (χ0v) is 17.4. The smallest absolute Gasteiger partial charge is 0.289 e. The number of carbonyl (C=O) groups excluding carboxylic acids is 1. The maximum absolute atomic E-state index is 12.5. The summed E-state index contributed by atoms with van der Waals surface area (Å²) in [4.78, 5) is 22.8. The van der Waals surface area contributed by atoms with Crippen molar-refractivity contribution in [2.45, 2.75) is 6.42 Å². The molecule has 6 nitrogen and oxygen atoms in total. The second-order valence-electron chi connectivity index (χ2n) is 6.11. The zero-order chi connectivity index (χ0) is 20.8. The molecule has 1 amide bonds. The molecule has 148 valence electrons. The number of nitrogens with zero attached hydrogens (tertiary/aromatic N) is 1. The van der Waals surface area contributed by atoms with Gasteiger partial charge in [0.1, 0.15) is 10.8 Å². The number of anilines is 1. The Hall–Kier alpha value is -2.90. The van der Waals surface area contributed by atoms with Gasteiger partial charge in [-0.2, -0.15) is 0 Å². The van der Waals surface area contributed by atoms with E-state index in [9.17, 15) is 14.9 Å². The predicted octanol–water partition coefficient (Wildman–Crippen LogP) is 5.88. The van der Waals surface area contributed by atoms with Gasteiger partial charge >= 0.3 is 0 Å². The van der Waals surface area contributed by atoms with Crippen molar-refractivity contribution in [1.29, 1.82) is 0 Å². The number of halogens is 2. The average molecular weight is 476 g/mol. The number of ether oxygens (including phenoxy) is 1. The second kappa shape index (κ2) is 9.54. The quantitative estimate of drug-likeness (QED) is 0.341. The summed E-state index contributed by atoms with van der Waals surface area (Å²) < 4.78 is 6.42. The topological polar surface area (TPSA) is 81.5 Å². The van der Waals surface area contributed by atoms with E-state index in [-0.39, 0.29) is 16.4 Å². The molecule has 0 aliphatic rings. The van der Waals surface area contributed by atoms with Gasteiger partial charge in [0, 0.05) is 23.7 Å². The minimum Gasteiger partial charge on any atom is -0.492 e. The minimum atomic E-state index is -0.601. The van der Waals surface area contributed by atoms with Gasteiger partial charge in [0.05, 0.1) is 16.0 Å². The van der Waals surface area contributed by atoms with Crippen LogP contribution in [0, 0.1) is 10.1 Å². The van der Waals surface area contributed by atoms with Gasteiger partial charge in [0.15, 0.2) is 0 Å². The molecular weight excluding hydrogens is 460 g/mol. The normalized spacial score (nSPS) is 10.4. The summed E-state index contributed by atoms with van der Waals surface area (Å²) >= 11 is 9.20. The molecule has 0 fully saturated rings. The number of amides is 1. The van der Waals surface area contributed by atoms with Crippen LogP contribution in [0.1, 0.15) is 15.9 Å². The van der Waals surface area contributed by atoms with Crippen LogP contribution in [0.5, 0.6) is 5.75 Å². The number of nitro benzene ring substituents is 1. The van der Waals surface area contributed by atoms with Crippen molar-refractivity contribution < 1.29 is 14.5 Å². The summed E-state index contributed by atoms with van der Waals surface area (Å²) in [7, 11) is 0. The number of carbonyl (C=O) groups is 1. The molecule has 0 aromatic heterocycles. The Labute approximate surface area is 180 Å². The number of hydrogen-bond donors (Lipinski definition) is 1. The Bertz CT molecular complexity index is 1040. The van der Waals surface area contributed by atoms with Crippen LogP contribution in [0.25, 0.3) is 0 Å². The van der Waals surface area contributed by atoms with E-state index in [0.29, 0.717) is 22.4 Å². The van der Waals surface area contributed by atoms with E-state index in [1.165, 1.54) is 23.8 Å². The number of nitro groups is 1. The summed E-state index contributed by atoms with van der Waals surface area (Å²) in [5.41, 5.74) is 1.57. The second-order valence-corrected chi connectivity index (χ2v) is 7.37. The lowest BCUT2D eigenvalue weighted by molar-refractivity contribution is -0.384. The molecule has 0 saturated carbocycles. The molecule has 3 aromatic rings. The lowest BCUT2D eigenvalue weighted by atomic mass is 10.1. The van der Waals surface area contributed by atoms with Crippen LogP contribution in [0.3, 0.4) is 0 Å². The van der Waals surface area contributed by atoms with E-state index in [2.05, 4.69) is 21.2 Å². The van der Waals surface area contributed by atoms with E-state index in [1.54, 1.807) is 18.2 Å². The van der Waals surface area contributed by atoms with Crippen molar-refractivity contribution in [2.24, 2.45) is 0 Å². The Morgan fingerprint density at radius 1 is 1.10 bits per heavy atom. The van der Waals surface area contributed by atoms with Crippen molar-refractivity contribution in [3.63, 3.8) is 0 Å². The van der Waals surface area contributed by atoms with Crippen LogP contribution in [-0.4, -0.2) is 17.4 Å². The lowest BCUT2D eigenvalue weighted by Gasteiger charge is -2.10. The standard InChI is InChI=1S/C21H16BrClN2O4/c22-17-12-15(6-9-20(17)29-11-10-14-4-2-1-3-5-14)21(26)24-16-7-8-18(23)19(13-16)25(27)28/h1-9,12-13H,10-11H2,(H,24,26). The first-order valence-electron chi connectivity index (χ1n) is 8.65. The molecule has 0 saturated heterocycles. The highest BCUT2D eigenvalue weighted by atomic mass is 79.9. The van der Waals surface area contributed by atoms with Crippen LogP contribution >= 0.6 is 27.5 Å². The molecule has 0 unspecified atom stereocenters. The van der Waals surface area contributed by atoms with Crippen LogP contribution in [0.4, 0.5) is 11.4 Å². The van der Waals surface area contributed by atoms with Crippen molar-refractivity contribution in [2.75, 3.05) is 11.9 Å². The summed E-state index contributed by atoms with van der Waals surface area (Å²) in [5.74, 6) is 0.220. The molecule has 0 aliphatic carbocycles. The van der Waals surface area contributed by atoms with Crippen molar-refractivity contribution in [1.82, 2.24) is 0 Å². The number of nitrogens with one attached hydrogen (secondary N) is 1. The number of rotatable bonds is 7. The fourth-order valence-corrected chi connectivity index (χ4v) is 3.30. The summed E-state index contributed by atoms with van der Waals surface area (Å²) in [6.45, 7) is 0.503. The molecule has 0 heterocycles. The van der Waals surface area contributed by atoms with E-state index < -0.39 is 10.8 Å². The van der Waals surface area contributed by atoms with Gasteiger partial charge in [0.2, 0.25) is 0 Å². The van der Waals surface area contributed by atoms with Crippen molar-refractivity contribution >= 4 is 44.8 Å². The largest absolute Gasteiger partial charge is 0.492 e. The maximum Gasteiger partial charge on any atom is 0.289 e. The van der Waals surface area contributed by atoms with Gasteiger partial charge < -0.3 is 10.1 Å². The lowest BCUT2D eigenvalue weighted by Crippen LogP contribution is -2.12. The molecule has 0 spiro atoms. The maximum atomic E-state index is 12.5. The van der Waals surface area contributed by atoms with Crippen LogP contribution in [0.15, 0.2) is 71.2 Å². The van der Waals surface area contributed by atoms with Crippen molar-refractivity contribution in [3.05, 3.63) is 97.5 Å². The summed E-state index contributed by atoms with van der Waals surface area (Å²) in [6, 6.07) is 19.1. The third kappa shape index (κ3) is 5.56. The number of benzene rings is 3. The monoisotopic (exact) mass is 474 g/mol. The molecule has 0 aliphatic heterocycles. The first kappa shape index (κ1) is 20.8. The molecular formula is C21H16BrClN2O4. The van der Waals surface area contributed by atoms with Crippen LogP contribution in [-0.2, 0) is 6.42 Å². The Morgan fingerprint density at radius 3 is 2.55 bits per heavy atom. The third-order valence-electron chi connectivity index (χ3n) is 4.09. The SMILES string of the molecule is O=C(Nc1ccc(Cl)c([N+](=O)[O-])c1)c1ccc(OCCc2ccccc2)c(Br)c1. The van der Waals surface area contributed by atoms with Gasteiger partial charge in [-0.05, 0) is 51.8 Å². The van der Waals surface area contributed by atoms with Gasteiger partial charge in [-0.3, -0.25) is 14.9 Å². The number of hydrogen-bond acceptors (Lipinski definition) is 4. The Kier molecular flexibility index (Phi) is 6.85. The Balaban J connectivity index is 1.64. The van der Waals surface area contributed by atoms with Crippen LogP contribution < -0.4 is 10.1 Å². The minimum absolute atomic E-state index is 0.00717. The highest BCUT2D eigenvalue weighted by molar-refractivity contribution is 9.10. The van der Waals surface area contributed by atoms with Gasteiger partial charge in [-0.15, -0.1) is 0 Å². The Morgan fingerprint density at radius 2 is 1.86 bits per heavy atom. The van der Waals surface area contributed by atoms with Gasteiger partial charge in [-0.25, -0.2) is 0 Å². The van der Waals surface area contributed by atoms with E-state index in [0.717, 1.165) is 6.42 Å². The fourth-order valence-electron chi connectivity index (χ4n) is 2.62. The first-order chi connectivity index (χ1) is 13.9. The highest BCUT2D eigenvalue weighted by Gasteiger charge is 2.15. The van der Waals surface area contributed by atoms with Crippen LogP contribution in [0.2, 0.25) is 5.02 Å². The molecule has 29 heavy (non-hydrogen) atoms. The molecule has 8 heteroatoms. The molecule has 3 rings (SSSR count). The van der Waals surface area contributed by atoms with E-state index >= 15 is 0 Å². The van der Waals surface area contributed by atoms with E-state index in [4.69, 9.17) is 16.3 Å². The average Bonchev–Trinajstić information content (AvgIpc) is 2.71. The van der Waals surface area contributed by atoms with Gasteiger partial charge in [0.25, 0.3) is 11.6 Å². The summed E-state index contributed by atoms with van der Waals surface area (Å²) in [6.07, 6.45) is 0.769. The van der Waals surface area contributed by atoms with E-state index in [1.807, 2.05) is 30.3 Å². The predicted molar refractivity (Wildman–Crippen MR) is 116 cm³/mol. The van der Waals surface area contributed by atoms with Crippen molar-refractivity contribution in [3.8, 4) is 5.75 Å². The molecule has 3 aromatic carbocycles. The summed E-state index contributed by atoms with van der Waals surface area (Å²) in [5, 5.41) is 13.6. The van der Waals surface area contributed by atoms with Gasteiger partial charge in [-0.1, -0.05) is 41.9 Å². The fraction of sp³-hybridized carbons (Fsp3) is 0.0952. The molecule has 0 radical (unpaired) electrons. The zero-order valence-electron chi connectivity index (χ0n) is 15.1.